The number of piperazine rings is 1. The highest BCUT2D eigenvalue weighted by Gasteiger charge is 2.41. The molecule has 0 bridgehead atoms. The smallest absolute Gasteiger partial charge is 0.231 e. The quantitative estimate of drug-likeness (QED) is 0.399. The third-order valence-corrected chi connectivity index (χ3v) is 9.55. The molecule has 1 aliphatic carbocycles. The maximum Gasteiger partial charge on any atom is 0.231 e. The number of amidine groups is 1. The Labute approximate surface area is 243 Å². The van der Waals surface area contributed by atoms with Crippen LogP contribution in [0, 0.1) is 11.8 Å². The van der Waals surface area contributed by atoms with E-state index < -0.39 is 6.10 Å². The van der Waals surface area contributed by atoms with Gasteiger partial charge in [0.05, 0.1) is 17.7 Å². The number of hydrogen-bond donors (Lipinski definition) is 1. The van der Waals surface area contributed by atoms with Crippen molar-refractivity contribution in [3.8, 4) is 0 Å². The summed E-state index contributed by atoms with van der Waals surface area (Å²) >= 11 is 6.25. The molecule has 1 aromatic rings. The zero-order valence-corrected chi connectivity index (χ0v) is 24.7. The maximum absolute atomic E-state index is 14.3. The molecule has 0 spiro atoms. The van der Waals surface area contributed by atoms with E-state index in [-0.39, 0.29) is 23.8 Å². The van der Waals surface area contributed by atoms with Gasteiger partial charge in [0.1, 0.15) is 5.84 Å². The minimum absolute atomic E-state index is 0.159. The monoisotopic (exact) mass is 569 g/mol. The molecule has 0 saturated carbocycles. The van der Waals surface area contributed by atoms with Crippen LogP contribution in [0.15, 0.2) is 45.5 Å². The molecule has 5 rings (SSSR count). The molecule has 0 radical (unpaired) electrons. The third-order valence-electron chi connectivity index (χ3n) is 9.30. The number of rotatable bonds is 7. The van der Waals surface area contributed by atoms with Gasteiger partial charge in [-0.05, 0) is 74.9 Å². The van der Waals surface area contributed by atoms with E-state index in [9.17, 15) is 9.90 Å². The van der Waals surface area contributed by atoms with Gasteiger partial charge in [0.25, 0.3) is 0 Å². The van der Waals surface area contributed by atoms with Gasteiger partial charge < -0.3 is 19.6 Å². The molecule has 4 aliphatic rings. The number of carbonyl (C=O) groups is 1. The number of halogens is 1. The van der Waals surface area contributed by atoms with E-state index >= 15 is 0 Å². The van der Waals surface area contributed by atoms with Crippen molar-refractivity contribution >= 4 is 30.1 Å². The molecule has 4 atom stereocenters. The Morgan fingerprint density at radius 1 is 1.10 bits per heavy atom. The summed E-state index contributed by atoms with van der Waals surface area (Å²) in [6.07, 6.45) is 4.38. The lowest BCUT2D eigenvalue weighted by molar-refractivity contribution is -0.135. The fraction of sp³-hybridized carbons (Fsp3) is 0.645. The predicted molar refractivity (Wildman–Crippen MR) is 160 cm³/mol. The van der Waals surface area contributed by atoms with Crippen molar-refractivity contribution in [1.82, 2.24) is 14.7 Å². The second kappa shape index (κ2) is 13.1. The molecular weight excluding hydrogens is 526 g/mol. The van der Waals surface area contributed by atoms with Crippen molar-refractivity contribution in [3.05, 3.63) is 46.1 Å². The number of benzene rings is 1. The summed E-state index contributed by atoms with van der Waals surface area (Å²) < 4.78 is 5.60. The molecule has 1 N–H and O–H groups in total. The first kappa shape index (κ1) is 29.2. The van der Waals surface area contributed by atoms with Gasteiger partial charge in [-0.15, -0.1) is 0 Å². The fourth-order valence-corrected chi connectivity index (χ4v) is 7.33. The van der Waals surface area contributed by atoms with Crippen molar-refractivity contribution < 1.29 is 14.6 Å². The number of aliphatic imine (C=N–C) groups is 2. The highest BCUT2D eigenvalue weighted by Crippen LogP contribution is 2.37. The standard InChI is InChI=1S/C31H44ClN5O3/c1-21-19-26(38)29(33-2)27(21)30(34-3)35-13-15-36(16-14-35)31(39)28(23-6-8-24(32)9-7-23)25-5-4-12-37(25)20-22-10-17-40-18-11-22/h6-9,21-22,25-26,28,38H,2,4-5,10-20H2,1,3H3/t21-,25+,26-,28+/m1/s1. The molecule has 0 unspecified atom stereocenters. The van der Waals surface area contributed by atoms with Gasteiger partial charge in [-0.2, -0.15) is 0 Å². The van der Waals surface area contributed by atoms with Crippen molar-refractivity contribution in [2.45, 2.75) is 57.1 Å². The van der Waals surface area contributed by atoms with E-state index in [1.165, 1.54) is 0 Å². The first-order valence-electron chi connectivity index (χ1n) is 14.9. The molecular formula is C31H44ClN5O3. The first-order chi connectivity index (χ1) is 19.4. The summed E-state index contributed by atoms with van der Waals surface area (Å²) in [5, 5.41) is 11.2. The van der Waals surface area contributed by atoms with Crippen LogP contribution in [0.25, 0.3) is 0 Å². The Bertz CT molecular complexity index is 1110. The topological polar surface area (TPSA) is 81.0 Å². The van der Waals surface area contributed by atoms with Gasteiger partial charge in [0, 0.05) is 69.6 Å². The van der Waals surface area contributed by atoms with Crippen LogP contribution in [-0.2, 0) is 9.53 Å². The normalized spacial score (nSPS) is 27.9. The van der Waals surface area contributed by atoms with E-state index in [0.717, 1.165) is 69.0 Å². The van der Waals surface area contributed by atoms with Gasteiger partial charge in [0.15, 0.2) is 0 Å². The highest BCUT2D eigenvalue weighted by atomic mass is 35.5. The van der Waals surface area contributed by atoms with Gasteiger partial charge in [-0.25, -0.2) is 0 Å². The molecule has 3 saturated heterocycles. The molecule has 9 heteroatoms. The fourth-order valence-electron chi connectivity index (χ4n) is 7.21. The lowest BCUT2D eigenvalue weighted by Crippen LogP contribution is -2.54. The van der Waals surface area contributed by atoms with Crippen LogP contribution in [0.3, 0.4) is 0 Å². The molecule has 3 aliphatic heterocycles. The van der Waals surface area contributed by atoms with Crippen molar-refractivity contribution in [1.29, 1.82) is 0 Å². The summed E-state index contributed by atoms with van der Waals surface area (Å²) in [6.45, 7) is 12.2. The lowest BCUT2D eigenvalue weighted by Gasteiger charge is -2.41. The molecule has 1 aromatic carbocycles. The molecule has 0 aromatic heterocycles. The van der Waals surface area contributed by atoms with Gasteiger partial charge in [-0.1, -0.05) is 30.7 Å². The highest BCUT2D eigenvalue weighted by molar-refractivity contribution is 6.30. The average molecular weight is 570 g/mol. The number of amides is 1. The number of likely N-dealkylation sites (tertiary alicyclic amines) is 1. The summed E-state index contributed by atoms with van der Waals surface area (Å²) in [6, 6.07) is 8.09. The second-order valence-corrected chi connectivity index (χ2v) is 12.2. The zero-order valence-electron chi connectivity index (χ0n) is 24.0. The summed E-state index contributed by atoms with van der Waals surface area (Å²) in [5.41, 5.74) is 2.68. The van der Waals surface area contributed by atoms with Gasteiger partial charge >= 0.3 is 0 Å². The van der Waals surface area contributed by atoms with Crippen LogP contribution < -0.4 is 0 Å². The Hall–Kier alpha value is -2.26. The minimum Gasteiger partial charge on any atom is -0.387 e. The van der Waals surface area contributed by atoms with Crippen LogP contribution in [0.2, 0.25) is 5.02 Å². The number of ether oxygens (including phenoxy) is 1. The van der Waals surface area contributed by atoms with E-state index in [0.29, 0.717) is 49.2 Å². The van der Waals surface area contributed by atoms with E-state index in [2.05, 4.69) is 33.4 Å². The molecule has 3 heterocycles. The molecule has 8 nitrogen and oxygen atoms in total. The number of nitrogens with zero attached hydrogens (tertiary/aromatic N) is 5. The summed E-state index contributed by atoms with van der Waals surface area (Å²) in [4.78, 5) is 30.0. The van der Waals surface area contributed by atoms with E-state index in [1.807, 2.05) is 29.2 Å². The lowest BCUT2D eigenvalue weighted by atomic mass is 9.87. The van der Waals surface area contributed by atoms with E-state index in [1.54, 1.807) is 7.05 Å². The Morgan fingerprint density at radius 2 is 1.77 bits per heavy atom. The van der Waals surface area contributed by atoms with Crippen LogP contribution in [0.4, 0.5) is 0 Å². The SMILES string of the molecule is C=NC1=C(C(=NC)N2CCN(C(=O)[C@@H](c3ccc(Cl)cc3)[C@@H]3CCCN3CC3CCOCC3)CC2)[C@H](C)C[C@H]1O. The number of hydrogen-bond acceptors (Lipinski definition) is 6. The number of aliphatic hydroxyl groups excluding tert-OH is 1. The molecule has 218 valence electrons. The van der Waals surface area contributed by atoms with Crippen LogP contribution in [-0.4, -0.2) is 110 Å². The van der Waals surface area contributed by atoms with Gasteiger partial charge in [-0.3, -0.25) is 19.7 Å². The zero-order chi connectivity index (χ0) is 28.2. The summed E-state index contributed by atoms with van der Waals surface area (Å²) in [5.74, 6) is 1.65. The van der Waals surface area contributed by atoms with Crippen LogP contribution in [0.1, 0.15) is 50.5 Å². The van der Waals surface area contributed by atoms with E-state index in [4.69, 9.17) is 16.3 Å². The molecule has 1 amide bonds. The van der Waals surface area contributed by atoms with Crippen molar-refractivity contribution in [2.75, 3.05) is 59.5 Å². The van der Waals surface area contributed by atoms with Crippen molar-refractivity contribution in [3.63, 3.8) is 0 Å². The van der Waals surface area contributed by atoms with Gasteiger partial charge in [0.2, 0.25) is 5.91 Å². The Kier molecular flexibility index (Phi) is 9.61. The third kappa shape index (κ3) is 6.15. The molecule has 40 heavy (non-hydrogen) atoms. The van der Waals surface area contributed by atoms with Crippen molar-refractivity contribution in [2.24, 2.45) is 21.8 Å². The number of aliphatic hydroxyl groups is 1. The molecule has 3 fully saturated rings. The predicted octanol–water partition coefficient (Wildman–Crippen LogP) is 3.84. The second-order valence-electron chi connectivity index (χ2n) is 11.8. The Morgan fingerprint density at radius 3 is 2.42 bits per heavy atom. The number of carbonyl (C=O) groups excluding carboxylic acids is 1. The summed E-state index contributed by atoms with van der Waals surface area (Å²) in [7, 11) is 1.79. The average Bonchev–Trinajstić information content (AvgIpc) is 3.53. The first-order valence-corrected chi connectivity index (χ1v) is 15.3. The Balaban J connectivity index is 1.32. The van der Waals surface area contributed by atoms with Crippen LogP contribution >= 0.6 is 11.6 Å². The maximum atomic E-state index is 14.3. The van der Waals surface area contributed by atoms with Crippen LogP contribution in [0.5, 0.6) is 0 Å². The largest absolute Gasteiger partial charge is 0.387 e. The minimum atomic E-state index is -0.599.